The molecule has 29 heavy (non-hydrogen) atoms. The predicted molar refractivity (Wildman–Crippen MR) is 95.3 cm³/mol. The normalized spacial score (nSPS) is 15.2. The maximum Gasteiger partial charge on any atom is 0.408 e. The minimum absolute atomic E-state index is 0.0347. The molecule has 4 heterocycles. The van der Waals surface area contributed by atoms with Crippen molar-refractivity contribution in [3.63, 3.8) is 0 Å². The minimum atomic E-state index is -4.57. The Kier molecular flexibility index (Phi) is 4.56. The lowest BCUT2D eigenvalue weighted by molar-refractivity contribution is -0.149. The molecule has 3 aromatic heterocycles. The first-order valence-electron chi connectivity index (χ1n) is 8.95. The molecule has 0 fully saturated rings. The molecular weight excluding hydrogens is 389 g/mol. The summed E-state index contributed by atoms with van der Waals surface area (Å²) in [4.78, 5) is 26.7. The van der Waals surface area contributed by atoms with Crippen LogP contribution in [0.25, 0.3) is 5.52 Å². The molecule has 0 saturated carbocycles. The first-order valence-corrected chi connectivity index (χ1v) is 8.95. The molecule has 7 nitrogen and oxygen atoms in total. The average molecular weight is 406 g/mol. The molecule has 1 aliphatic heterocycles. The molecule has 152 valence electrons. The van der Waals surface area contributed by atoms with E-state index in [1.807, 2.05) is 34.1 Å². The Morgan fingerprint density at radius 2 is 2.10 bits per heavy atom. The number of carbonyl (C=O) groups is 2. The van der Waals surface area contributed by atoms with E-state index in [-0.39, 0.29) is 18.2 Å². The van der Waals surface area contributed by atoms with Gasteiger partial charge in [-0.1, -0.05) is 11.2 Å². The van der Waals surface area contributed by atoms with Crippen LogP contribution in [0.15, 0.2) is 41.2 Å². The fourth-order valence-electron chi connectivity index (χ4n) is 3.26. The fraction of sp³-hybridized carbons (Fsp3) is 0.316. The Hall–Kier alpha value is -3.30. The van der Waals surface area contributed by atoms with Gasteiger partial charge in [0.1, 0.15) is 6.04 Å². The van der Waals surface area contributed by atoms with E-state index < -0.39 is 18.1 Å². The number of aromatic nitrogens is 2. The van der Waals surface area contributed by atoms with Gasteiger partial charge in [-0.3, -0.25) is 9.59 Å². The van der Waals surface area contributed by atoms with Crippen LogP contribution >= 0.6 is 0 Å². The minimum Gasteiger partial charge on any atom is -0.350 e. The van der Waals surface area contributed by atoms with Crippen LogP contribution in [-0.2, 0) is 13.0 Å². The van der Waals surface area contributed by atoms with Crippen molar-refractivity contribution >= 4 is 17.3 Å². The third-order valence-corrected chi connectivity index (χ3v) is 4.92. The van der Waals surface area contributed by atoms with Gasteiger partial charge in [0.15, 0.2) is 0 Å². The van der Waals surface area contributed by atoms with Gasteiger partial charge in [-0.15, -0.1) is 0 Å². The summed E-state index contributed by atoms with van der Waals surface area (Å²) in [5.74, 6) is -1.54. The van der Waals surface area contributed by atoms with Crippen molar-refractivity contribution in [3.05, 3.63) is 59.2 Å². The summed E-state index contributed by atoms with van der Waals surface area (Å²) in [6.45, 7) is 1.24. The van der Waals surface area contributed by atoms with Gasteiger partial charge in [-0.2, -0.15) is 13.2 Å². The highest BCUT2D eigenvalue weighted by molar-refractivity contribution is 5.96. The lowest BCUT2D eigenvalue weighted by atomic mass is 10.0. The maximum absolute atomic E-state index is 12.9. The molecule has 0 saturated heterocycles. The van der Waals surface area contributed by atoms with Gasteiger partial charge in [0, 0.05) is 36.4 Å². The van der Waals surface area contributed by atoms with Crippen molar-refractivity contribution in [2.24, 2.45) is 0 Å². The Labute approximate surface area is 163 Å². The van der Waals surface area contributed by atoms with E-state index in [1.165, 1.54) is 4.90 Å². The van der Waals surface area contributed by atoms with Crippen molar-refractivity contribution in [3.8, 4) is 0 Å². The second-order valence-electron chi connectivity index (χ2n) is 6.91. The third-order valence-electron chi connectivity index (χ3n) is 4.92. The van der Waals surface area contributed by atoms with E-state index in [4.69, 9.17) is 4.52 Å². The number of hydrogen-bond acceptors (Lipinski definition) is 4. The van der Waals surface area contributed by atoms with Gasteiger partial charge >= 0.3 is 6.18 Å². The smallest absolute Gasteiger partial charge is 0.350 e. The summed E-state index contributed by atoms with van der Waals surface area (Å²) in [5, 5.41) is 5.65. The second kappa shape index (κ2) is 6.94. The largest absolute Gasteiger partial charge is 0.408 e. The van der Waals surface area contributed by atoms with Gasteiger partial charge in [-0.05, 0) is 25.1 Å². The molecule has 1 N–H and O–H groups in total. The van der Waals surface area contributed by atoms with E-state index >= 15 is 0 Å². The number of pyridine rings is 1. The number of nitrogens with zero attached hydrogens (tertiary/aromatic N) is 3. The second-order valence-corrected chi connectivity index (χ2v) is 6.91. The Balaban J connectivity index is 1.54. The number of nitrogens with one attached hydrogen (secondary N) is 1. The summed E-state index contributed by atoms with van der Waals surface area (Å²) in [6, 6.07) is 5.30. The third kappa shape index (κ3) is 3.57. The number of alkyl halides is 3. The molecule has 1 aliphatic rings. The van der Waals surface area contributed by atoms with Crippen LogP contribution in [0.2, 0.25) is 0 Å². The number of fused-ring (bicyclic) bond motifs is 2. The number of halogens is 3. The fourth-order valence-corrected chi connectivity index (χ4v) is 3.26. The predicted octanol–water partition coefficient (Wildman–Crippen LogP) is 2.81. The molecule has 0 spiro atoms. The molecule has 0 aliphatic carbocycles. The standard InChI is InChI=1S/C19H17F3N4O3/c1-11(19(20,21)22)23-17(27)16-14-10-26(7-5-15(14)24-29-16)18(28)12-8-13-4-2-3-6-25(13)9-12/h2-4,6,8-9,11H,5,7,10H2,1H3,(H,23,27). The van der Waals surface area contributed by atoms with Crippen LogP contribution in [0.5, 0.6) is 0 Å². The number of hydrogen-bond donors (Lipinski definition) is 1. The van der Waals surface area contributed by atoms with Crippen LogP contribution in [0.4, 0.5) is 13.2 Å². The Bertz CT molecular complexity index is 1050. The van der Waals surface area contributed by atoms with Gasteiger partial charge in [0.25, 0.3) is 11.8 Å². The van der Waals surface area contributed by atoms with Crippen LogP contribution in [0.3, 0.4) is 0 Å². The highest BCUT2D eigenvalue weighted by atomic mass is 19.4. The molecule has 0 aromatic carbocycles. The molecule has 1 atom stereocenters. The zero-order valence-corrected chi connectivity index (χ0v) is 15.4. The summed E-state index contributed by atoms with van der Waals surface area (Å²) in [5.41, 5.74) is 2.15. The van der Waals surface area contributed by atoms with Crippen molar-refractivity contribution < 1.29 is 27.3 Å². The number of rotatable bonds is 3. The summed E-state index contributed by atoms with van der Waals surface area (Å²) in [6.07, 6.45) is -0.695. The van der Waals surface area contributed by atoms with E-state index in [0.29, 0.717) is 29.8 Å². The van der Waals surface area contributed by atoms with Crippen LogP contribution in [-0.4, -0.2) is 45.0 Å². The number of amides is 2. The lowest BCUT2D eigenvalue weighted by Gasteiger charge is -2.26. The van der Waals surface area contributed by atoms with Gasteiger partial charge < -0.3 is 19.1 Å². The van der Waals surface area contributed by atoms with Gasteiger partial charge in [0.05, 0.1) is 17.8 Å². The van der Waals surface area contributed by atoms with Crippen molar-refractivity contribution in [2.45, 2.75) is 32.1 Å². The number of carbonyl (C=O) groups excluding carboxylic acids is 2. The SMILES string of the molecule is CC(NC(=O)c1onc2c1CN(C(=O)c1cc3ccccn3c1)CC2)C(F)(F)F. The van der Waals surface area contributed by atoms with Crippen LogP contribution < -0.4 is 5.32 Å². The molecule has 4 rings (SSSR count). The lowest BCUT2D eigenvalue weighted by Crippen LogP contribution is -2.43. The monoisotopic (exact) mass is 406 g/mol. The highest BCUT2D eigenvalue weighted by Crippen LogP contribution is 2.25. The summed E-state index contributed by atoms with van der Waals surface area (Å²) in [7, 11) is 0. The first-order chi connectivity index (χ1) is 13.7. The molecule has 2 amide bonds. The van der Waals surface area contributed by atoms with Crippen molar-refractivity contribution in [2.75, 3.05) is 6.54 Å². The van der Waals surface area contributed by atoms with E-state index in [1.54, 1.807) is 12.3 Å². The first kappa shape index (κ1) is 19.0. The molecule has 1 unspecified atom stereocenters. The van der Waals surface area contributed by atoms with E-state index in [9.17, 15) is 22.8 Å². The molecular formula is C19H17F3N4O3. The quantitative estimate of drug-likeness (QED) is 0.726. The molecule has 10 heteroatoms. The zero-order chi connectivity index (χ0) is 20.8. The molecule has 3 aromatic rings. The van der Waals surface area contributed by atoms with Crippen LogP contribution in [0, 0.1) is 0 Å². The zero-order valence-electron chi connectivity index (χ0n) is 15.4. The summed E-state index contributed by atoms with van der Waals surface area (Å²) < 4.78 is 45.0. The van der Waals surface area contributed by atoms with Crippen molar-refractivity contribution in [1.29, 1.82) is 0 Å². The molecule has 0 radical (unpaired) electrons. The Morgan fingerprint density at radius 1 is 1.31 bits per heavy atom. The van der Waals surface area contributed by atoms with E-state index in [0.717, 1.165) is 12.4 Å². The average Bonchev–Trinajstić information content (AvgIpc) is 3.30. The van der Waals surface area contributed by atoms with Crippen molar-refractivity contribution in [1.82, 2.24) is 19.8 Å². The molecule has 0 bridgehead atoms. The van der Waals surface area contributed by atoms with Crippen LogP contribution in [0.1, 0.15) is 39.1 Å². The topological polar surface area (TPSA) is 79.8 Å². The van der Waals surface area contributed by atoms with Gasteiger partial charge in [-0.25, -0.2) is 0 Å². The summed E-state index contributed by atoms with van der Waals surface area (Å²) >= 11 is 0. The highest BCUT2D eigenvalue weighted by Gasteiger charge is 2.39. The van der Waals surface area contributed by atoms with E-state index in [2.05, 4.69) is 5.16 Å². The Morgan fingerprint density at radius 3 is 2.83 bits per heavy atom. The van der Waals surface area contributed by atoms with Gasteiger partial charge in [0.2, 0.25) is 5.76 Å². The maximum atomic E-state index is 12.9.